The third-order valence-corrected chi connectivity index (χ3v) is 5.18. The van der Waals surface area contributed by atoms with Crippen molar-refractivity contribution in [1.29, 1.82) is 0 Å². The van der Waals surface area contributed by atoms with Crippen LogP contribution in [0.2, 0.25) is 0 Å². The van der Waals surface area contributed by atoms with Gasteiger partial charge in [0.2, 0.25) is 0 Å². The quantitative estimate of drug-likeness (QED) is 0.311. The Kier molecular flexibility index (Phi) is 11.8. The van der Waals surface area contributed by atoms with Crippen molar-refractivity contribution in [2.24, 2.45) is 5.92 Å². The van der Waals surface area contributed by atoms with E-state index in [-0.39, 0.29) is 5.91 Å². The Morgan fingerprint density at radius 1 is 0.973 bits per heavy atom. The molecule has 0 aliphatic rings. The summed E-state index contributed by atoms with van der Waals surface area (Å²) in [5, 5.41) is 13.6. The number of amides is 1. The van der Waals surface area contributed by atoms with Crippen LogP contribution in [0.5, 0.6) is 0 Å². The average Bonchev–Trinajstić information content (AvgIpc) is 2.88. The molecule has 9 heteroatoms. The number of hydrogen-bond donors (Lipinski definition) is 3. The maximum atomic E-state index is 12.3. The van der Waals surface area contributed by atoms with Gasteiger partial charge in [-0.15, -0.1) is 0 Å². The number of carboxylic acids is 1. The number of aliphatic carboxylic acids is 1. The Labute approximate surface area is 214 Å². The molecule has 0 fully saturated rings. The van der Waals surface area contributed by atoms with Gasteiger partial charge in [0.1, 0.15) is 0 Å². The number of carbonyl (C=O) groups excluding carboxylic acids is 1. The fourth-order valence-electron chi connectivity index (χ4n) is 3.22. The van der Waals surface area contributed by atoms with Crippen LogP contribution in [0.1, 0.15) is 41.8 Å². The average molecular weight is 516 g/mol. The van der Waals surface area contributed by atoms with E-state index >= 15 is 0 Å². The molecule has 1 aromatic heterocycles. The molecule has 1 heterocycles. The number of halogens is 3. The number of benzene rings is 2. The Morgan fingerprint density at radius 2 is 1.62 bits per heavy atom. The van der Waals surface area contributed by atoms with Crippen molar-refractivity contribution in [3.05, 3.63) is 89.6 Å². The van der Waals surface area contributed by atoms with Crippen molar-refractivity contribution in [3.63, 3.8) is 0 Å². The zero-order chi connectivity index (χ0) is 27.3. The number of rotatable bonds is 10. The molecule has 0 aliphatic carbocycles. The molecule has 0 spiro atoms. The zero-order valence-electron chi connectivity index (χ0n) is 20.9. The summed E-state index contributed by atoms with van der Waals surface area (Å²) in [4.78, 5) is 25.6. The lowest BCUT2D eigenvalue weighted by molar-refractivity contribution is -0.192. The molecule has 0 atom stereocenters. The molecule has 6 nitrogen and oxygen atoms in total. The Balaban J connectivity index is 0.000000604. The SMILES string of the molecule is CC(C)CNC(=O)c1ccnc(-c2ccc(CNCCCc3ccccc3)cc2)c1.O=C(O)C(F)(F)F. The van der Waals surface area contributed by atoms with E-state index in [4.69, 9.17) is 9.90 Å². The molecule has 37 heavy (non-hydrogen) atoms. The number of alkyl halides is 3. The van der Waals surface area contributed by atoms with Crippen molar-refractivity contribution >= 4 is 11.9 Å². The molecular formula is C28H32F3N3O3. The molecule has 0 aliphatic heterocycles. The molecule has 3 aromatic rings. The van der Waals surface area contributed by atoms with Crippen molar-refractivity contribution < 1.29 is 27.9 Å². The Morgan fingerprint density at radius 3 is 2.22 bits per heavy atom. The number of hydrogen-bond acceptors (Lipinski definition) is 4. The second kappa shape index (κ2) is 14.7. The minimum Gasteiger partial charge on any atom is -0.475 e. The highest BCUT2D eigenvalue weighted by molar-refractivity contribution is 5.95. The maximum absolute atomic E-state index is 12.3. The van der Waals surface area contributed by atoms with Crippen molar-refractivity contribution in [3.8, 4) is 11.3 Å². The molecule has 0 radical (unpaired) electrons. The summed E-state index contributed by atoms with van der Waals surface area (Å²) < 4.78 is 31.7. The first-order valence-corrected chi connectivity index (χ1v) is 11.9. The van der Waals surface area contributed by atoms with Gasteiger partial charge in [-0.3, -0.25) is 9.78 Å². The van der Waals surface area contributed by atoms with Crippen LogP contribution in [0.3, 0.4) is 0 Å². The molecule has 0 bridgehead atoms. The summed E-state index contributed by atoms with van der Waals surface area (Å²) in [5.41, 5.74) is 5.10. The highest BCUT2D eigenvalue weighted by Gasteiger charge is 2.38. The molecule has 2 aromatic carbocycles. The minimum absolute atomic E-state index is 0.0522. The summed E-state index contributed by atoms with van der Waals surface area (Å²) in [6.07, 6.45) is -1.17. The largest absolute Gasteiger partial charge is 0.490 e. The molecule has 198 valence electrons. The van der Waals surface area contributed by atoms with Crippen LogP contribution in [-0.2, 0) is 17.8 Å². The third kappa shape index (κ3) is 11.3. The van der Waals surface area contributed by atoms with Gasteiger partial charge >= 0.3 is 12.1 Å². The Bertz CT molecular complexity index is 1120. The molecule has 0 unspecified atom stereocenters. The maximum Gasteiger partial charge on any atom is 0.490 e. The van der Waals surface area contributed by atoms with Gasteiger partial charge in [-0.25, -0.2) is 4.79 Å². The van der Waals surface area contributed by atoms with E-state index in [1.807, 2.05) is 6.07 Å². The van der Waals surface area contributed by atoms with Crippen molar-refractivity contribution in [2.75, 3.05) is 13.1 Å². The predicted octanol–water partition coefficient (Wildman–Crippen LogP) is 5.49. The lowest BCUT2D eigenvalue weighted by atomic mass is 10.1. The molecule has 1 amide bonds. The number of nitrogens with zero attached hydrogens (tertiary/aromatic N) is 1. The number of aryl methyl sites for hydroxylation is 1. The first kappa shape index (κ1) is 29.5. The summed E-state index contributed by atoms with van der Waals surface area (Å²) in [7, 11) is 0. The van der Waals surface area contributed by atoms with E-state index in [0.29, 0.717) is 18.0 Å². The van der Waals surface area contributed by atoms with Crippen molar-refractivity contribution in [1.82, 2.24) is 15.6 Å². The number of pyridine rings is 1. The minimum atomic E-state index is -5.08. The van der Waals surface area contributed by atoms with Gasteiger partial charge in [0.05, 0.1) is 5.69 Å². The van der Waals surface area contributed by atoms with Crippen LogP contribution in [-0.4, -0.2) is 41.2 Å². The number of aromatic nitrogens is 1. The number of nitrogens with one attached hydrogen (secondary N) is 2. The fourth-order valence-corrected chi connectivity index (χ4v) is 3.22. The van der Waals surface area contributed by atoms with E-state index in [1.54, 1.807) is 12.3 Å². The van der Waals surface area contributed by atoms with E-state index in [2.05, 4.69) is 84.1 Å². The normalized spacial score (nSPS) is 11.0. The second-order valence-electron chi connectivity index (χ2n) is 8.80. The van der Waals surface area contributed by atoms with Crippen LogP contribution >= 0.6 is 0 Å². The van der Waals surface area contributed by atoms with Gasteiger partial charge in [0.15, 0.2) is 0 Å². The first-order valence-electron chi connectivity index (χ1n) is 11.9. The standard InChI is InChI=1S/C26H31N3O.C2HF3O2/c1-20(2)18-29-26(30)24-14-16-28-25(17-24)23-12-10-22(11-13-23)19-27-15-6-9-21-7-4-3-5-8-21;3-2(4,5)1(6)7/h3-5,7-8,10-14,16-17,20,27H,6,9,15,18-19H2,1-2H3,(H,29,30);(H,6,7). The van der Waals surface area contributed by atoms with Gasteiger partial charge in [-0.05, 0) is 48.6 Å². The van der Waals surface area contributed by atoms with Crippen molar-refractivity contribution in [2.45, 2.75) is 39.4 Å². The van der Waals surface area contributed by atoms with E-state index in [1.165, 1.54) is 11.1 Å². The van der Waals surface area contributed by atoms with Crippen LogP contribution in [0, 0.1) is 5.92 Å². The molecular weight excluding hydrogens is 483 g/mol. The van der Waals surface area contributed by atoms with Gasteiger partial charge in [0.25, 0.3) is 5.91 Å². The summed E-state index contributed by atoms with van der Waals surface area (Å²) in [6.45, 7) is 6.67. The van der Waals surface area contributed by atoms with Gasteiger partial charge in [-0.2, -0.15) is 13.2 Å². The van der Waals surface area contributed by atoms with Crippen LogP contribution in [0.4, 0.5) is 13.2 Å². The zero-order valence-corrected chi connectivity index (χ0v) is 20.9. The molecule has 0 saturated heterocycles. The van der Waals surface area contributed by atoms with Crippen LogP contribution in [0.25, 0.3) is 11.3 Å². The lowest BCUT2D eigenvalue weighted by Gasteiger charge is -2.09. The van der Waals surface area contributed by atoms with E-state index in [9.17, 15) is 18.0 Å². The molecule has 0 saturated carbocycles. The topological polar surface area (TPSA) is 91.3 Å². The van der Waals surface area contributed by atoms with Crippen LogP contribution < -0.4 is 10.6 Å². The third-order valence-electron chi connectivity index (χ3n) is 5.18. The Hall–Kier alpha value is -3.72. The van der Waals surface area contributed by atoms with Crippen LogP contribution in [0.15, 0.2) is 72.9 Å². The first-order chi connectivity index (χ1) is 17.6. The second-order valence-corrected chi connectivity index (χ2v) is 8.80. The fraction of sp³-hybridized carbons (Fsp3) is 0.321. The highest BCUT2D eigenvalue weighted by Crippen LogP contribution is 2.19. The van der Waals surface area contributed by atoms with E-state index < -0.39 is 12.1 Å². The summed E-state index contributed by atoms with van der Waals surface area (Å²) in [6, 6.07) is 22.6. The highest BCUT2D eigenvalue weighted by atomic mass is 19.4. The number of carboxylic acid groups (broad SMARTS) is 1. The molecule has 3 N–H and O–H groups in total. The smallest absolute Gasteiger partial charge is 0.475 e. The lowest BCUT2D eigenvalue weighted by Crippen LogP contribution is -2.27. The summed E-state index contributed by atoms with van der Waals surface area (Å²) in [5.74, 6) is -2.38. The van der Waals surface area contributed by atoms with Gasteiger partial charge < -0.3 is 15.7 Å². The summed E-state index contributed by atoms with van der Waals surface area (Å²) >= 11 is 0. The number of carbonyl (C=O) groups is 2. The van der Waals surface area contributed by atoms with Gasteiger partial charge in [0, 0.05) is 30.4 Å². The molecule has 3 rings (SSSR count). The van der Waals surface area contributed by atoms with E-state index in [0.717, 1.165) is 37.2 Å². The van der Waals surface area contributed by atoms with Gasteiger partial charge in [-0.1, -0.05) is 68.4 Å². The monoisotopic (exact) mass is 515 g/mol. The predicted molar refractivity (Wildman–Crippen MR) is 137 cm³/mol.